The van der Waals surface area contributed by atoms with Crippen LogP contribution < -0.4 is 0 Å². The van der Waals surface area contributed by atoms with Crippen LogP contribution in [-0.2, 0) is 4.74 Å². The topological polar surface area (TPSA) is 9.23 Å². The van der Waals surface area contributed by atoms with E-state index < -0.39 is 0 Å². The lowest BCUT2D eigenvalue weighted by Crippen LogP contribution is -2.42. The molecule has 4 aliphatic carbocycles. The summed E-state index contributed by atoms with van der Waals surface area (Å²) in [5.41, 5.74) is 1.11. The van der Waals surface area contributed by atoms with Crippen molar-refractivity contribution in [1.29, 1.82) is 0 Å². The molecule has 0 radical (unpaired) electrons. The van der Waals surface area contributed by atoms with E-state index in [0.717, 1.165) is 25.0 Å². The zero-order valence-electron chi connectivity index (χ0n) is 18.1. The van der Waals surface area contributed by atoms with E-state index in [1.807, 2.05) is 0 Å². The van der Waals surface area contributed by atoms with Crippen LogP contribution in [0, 0.1) is 22.7 Å². The Hall–Kier alpha value is -0.0400. The van der Waals surface area contributed by atoms with E-state index in [1.54, 1.807) is 0 Å². The molecule has 0 aromatic heterocycles. The predicted octanol–water partition coefficient (Wildman–Crippen LogP) is 8.06. The van der Waals surface area contributed by atoms with E-state index in [0.29, 0.717) is 10.8 Å². The molecule has 0 amide bonds. The average Bonchev–Trinajstić information content (AvgIpc) is 2.76. The minimum absolute atomic E-state index is 0.557. The Labute approximate surface area is 169 Å². The summed E-state index contributed by atoms with van der Waals surface area (Å²) in [6, 6.07) is 0. The molecule has 4 rings (SSSR count). The molecule has 27 heavy (non-hydrogen) atoms. The molecule has 0 N–H and O–H groups in total. The van der Waals surface area contributed by atoms with E-state index in [-0.39, 0.29) is 0 Å². The second-order valence-electron chi connectivity index (χ2n) is 11.0. The zero-order valence-corrected chi connectivity index (χ0v) is 18.1. The summed E-state index contributed by atoms with van der Waals surface area (Å²) in [6.07, 6.45) is 29.6. The van der Waals surface area contributed by atoms with Crippen LogP contribution >= 0.6 is 0 Å². The first-order chi connectivity index (χ1) is 13.3. The SMILES string of the molecule is C1CCC(C2(COCC3(C4CCCCC4)CCCCC3)CCCCC2)CC1. The normalized spacial score (nSPS) is 30.2. The van der Waals surface area contributed by atoms with Gasteiger partial charge in [0, 0.05) is 0 Å². The minimum Gasteiger partial charge on any atom is -0.380 e. The Morgan fingerprint density at radius 2 is 0.778 bits per heavy atom. The summed E-state index contributed by atoms with van der Waals surface area (Å²) < 4.78 is 6.83. The van der Waals surface area contributed by atoms with Crippen LogP contribution in [0.3, 0.4) is 0 Å². The second kappa shape index (κ2) is 9.64. The number of rotatable bonds is 6. The first-order valence-corrected chi connectivity index (χ1v) is 12.9. The molecule has 4 saturated carbocycles. The zero-order chi connectivity index (χ0) is 18.4. The highest BCUT2D eigenvalue weighted by molar-refractivity contribution is 4.93. The fourth-order valence-electron chi connectivity index (χ4n) is 7.74. The number of hydrogen-bond acceptors (Lipinski definition) is 1. The molecule has 0 aromatic carbocycles. The van der Waals surface area contributed by atoms with Gasteiger partial charge < -0.3 is 4.74 Å². The Kier molecular flexibility index (Phi) is 7.23. The van der Waals surface area contributed by atoms with Gasteiger partial charge in [-0.1, -0.05) is 77.0 Å². The second-order valence-corrected chi connectivity index (χ2v) is 11.0. The van der Waals surface area contributed by atoms with Crippen molar-refractivity contribution in [2.24, 2.45) is 22.7 Å². The molecule has 0 unspecified atom stereocenters. The molecule has 0 aromatic rings. The summed E-state index contributed by atoms with van der Waals surface area (Å²) in [5, 5.41) is 0. The van der Waals surface area contributed by atoms with Gasteiger partial charge in [0.25, 0.3) is 0 Å². The smallest absolute Gasteiger partial charge is 0.0525 e. The third-order valence-electron chi connectivity index (χ3n) is 9.42. The van der Waals surface area contributed by atoms with Crippen LogP contribution in [0.25, 0.3) is 0 Å². The highest BCUT2D eigenvalue weighted by atomic mass is 16.5. The van der Waals surface area contributed by atoms with Crippen molar-refractivity contribution in [2.75, 3.05) is 13.2 Å². The van der Waals surface area contributed by atoms with Crippen molar-refractivity contribution >= 4 is 0 Å². The van der Waals surface area contributed by atoms with Crippen LogP contribution in [0.5, 0.6) is 0 Å². The molecule has 0 spiro atoms. The Bertz CT molecular complexity index is 377. The fraction of sp³-hybridized carbons (Fsp3) is 1.00. The lowest BCUT2D eigenvalue weighted by molar-refractivity contribution is -0.0840. The molecule has 0 bridgehead atoms. The van der Waals surface area contributed by atoms with Gasteiger partial charge in [0.15, 0.2) is 0 Å². The van der Waals surface area contributed by atoms with Gasteiger partial charge in [0.1, 0.15) is 0 Å². The standard InChI is InChI=1S/C26H46O/c1-5-13-23(14-6-1)25(17-9-3-10-18-25)21-27-22-26(19-11-4-12-20-26)24-15-7-2-8-16-24/h23-24H,1-22H2. The van der Waals surface area contributed by atoms with Crippen molar-refractivity contribution in [1.82, 2.24) is 0 Å². The molecular weight excluding hydrogens is 328 g/mol. The monoisotopic (exact) mass is 374 g/mol. The van der Waals surface area contributed by atoms with Gasteiger partial charge in [-0.05, 0) is 74.0 Å². The molecule has 1 nitrogen and oxygen atoms in total. The maximum atomic E-state index is 6.83. The van der Waals surface area contributed by atoms with Gasteiger partial charge in [-0.15, -0.1) is 0 Å². The Morgan fingerprint density at radius 1 is 0.444 bits per heavy atom. The van der Waals surface area contributed by atoms with Crippen LogP contribution in [0.4, 0.5) is 0 Å². The van der Waals surface area contributed by atoms with Crippen molar-refractivity contribution in [3.05, 3.63) is 0 Å². The first-order valence-electron chi connectivity index (χ1n) is 12.9. The first kappa shape index (κ1) is 20.2. The van der Waals surface area contributed by atoms with Crippen molar-refractivity contribution < 1.29 is 4.74 Å². The molecule has 1 heteroatoms. The summed E-state index contributed by atoms with van der Waals surface area (Å²) in [5.74, 6) is 1.95. The quantitative estimate of drug-likeness (QED) is 0.456. The lowest BCUT2D eigenvalue weighted by Gasteiger charge is -2.48. The van der Waals surface area contributed by atoms with Crippen molar-refractivity contribution in [3.63, 3.8) is 0 Å². The van der Waals surface area contributed by atoms with Gasteiger partial charge >= 0.3 is 0 Å². The predicted molar refractivity (Wildman–Crippen MR) is 115 cm³/mol. The summed E-state index contributed by atoms with van der Waals surface area (Å²) in [7, 11) is 0. The summed E-state index contributed by atoms with van der Waals surface area (Å²) in [4.78, 5) is 0. The van der Waals surface area contributed by atoms with Crippen molar-refractivity contribution in [2.45, 2.75) is 128 Å². The van der Waals surface area contributed by atoms with Gasteiger partial charge in [-0.3, -0.25) is 0 Å². The molecule has 0 atom stereocenters. The average molecular weight is 375 g/mol. The fourth-order valence-corrected chi connectivity index (χ4v) is 7.74. The maximum Gasteiger partial charge on any atom is 0.0525 e. The molecule has 0 aliphatic heterocycles. The third-order valence-corrected chi connectivity index (χ3v) is 9.42. The van der Waals surface area contributed by atoms with Gasteiger partial charge in [-0.2, -0.15) is 0 Å². The van der Waals surface area contributed by atoms with Crippen LogP contribution in [0.1, 0.15) is 128 Å². The Balaban J connectivity index is 1.39. The van der Waals surface area contributed by atoms with Crippen LogP contribution in [0.15, 0.2) is 0 Å². The maximum absolute atomic E-state index is 6.83. The third kappa shape index (κ3) is 4.76. The minimum atomic E-state index is 0.557. The molecule has 156 valence electrons. The van der Waals surface area contributed by atoms with E-state index in [1.165, 1.54) is 128 Å². The van der Waals surface area contributed by atoms with Crippen LogP contribution in [0.2, 0.25) is 0 Å². The summed E-state index contributed by atoms with van der Waals surface area (Å²) >= 11 is 0. The number of ether oxygens (including phenoxy) is 1. The molecule has 4 aliphatic rings. The summed E-state index contributed by atoms with van der Waals surface area (Å²) in [6.45, 7) is 2.21. The van der Waals surface area contributed by atoms with E-state index in [4.69, 9.17) is 4.74 Å². The lowest BCUT2D eigenvalue weighted by atomic mass is 9.61. The van der Waals surface area contributed by atoms with Gasteiger partial charge in [-0.25, -0.2) is 0 Å². The molecule has 4 fully saturated rings. The van der Waals surface area contributed by atoms with Gasteiger partial charge in [0.2, 0.25) is 0 Å². The largest absolute Gasteiger partial charge is 0.380 e. The molecule has 0 heterocycles. The number of hydrogen-bond donors (Lipinski definition) is 0. The Morgan fingerprint density at radius 3 is 1.15 bits per heavy atom. The van der Waals surface area contributed by atoms with Crippen molar-refractivity contribution in [3.8, 4) is 0 Å². The van der Waals surface area contributed by atoms with E-state index in [2.05, 4.69) is 0 Å². The van der Waals surface area contributed by atoms with E-state index >= 15 is 0 Å². The van der Waals surface area contributed by atoms with Crippen LogP contribution in [-0.4, -0.2) is 13.2 Å². The highest BCUT2D eigenvalue weighted by Crippen LogP contribution is 2.51. The van der Waals surface area contributed by atoms with Gasteiger partial charge in [0.05, 0.1) is 13.2 Å². The molecule has 0 saturated heterocycles. The van der Waals surface area contributed by atoms with E-state index in [9.17, 15) is 0 Å². The molecular formula is C26H46O. The highest BCUT2D eigenvalue weighted by Gasteiger charge is 2.43.